The molecule has 0 fully saturated rings. The zero-order chi connectivity index (χ0) is 59.9. The van der Waals surface area contributed by atoms with Crippen LogP contribution in [0.5, 0.6) is 34.5 Å². The summed E-state index contributed by atoms with van der Waals surface area (Å²) in [6, 6.07) is 63.4. The van der Waals surface area contributed by atoms with E-state index in [4.69, 9.17) is 34.8 Å². The van der Waals surface area contributed by atoms with Gasteiger partial charge < -0.3 is 28.4 Å². The lowest BCUT2D eigenvalue weighted by molar-refractivity contribution is 0.356. The van der Waals surface area contributed by atoms with Crippen molar-refractivity contribution >= 4 is 11.1 Å². The van der Waals surface area contributed by atoms with Crippen molar-refractivity contribution in [3.63, 3.8) is 0 Å². The third-order valence-electron chi connectivity index (χ3n) is 14.8. The Hall–Kier alpha value is -10.5. The number of hydrogen-bond acceptors (Lipinski definition) is 6. The van der Waals surface area contributed by atoms with E-state index in [1.807, 2.05) is 54.6 Å². The lowest BCUT2D eigenvalue weighted by Gasteiger charge is -2.26. The van der Waals surface area contributed by atoms with Crippen molar-refractivity contribution in [2.45, 2.75) is 18.3 Å². The van der Waals surface area contributed by atoms with Gasteiger partial charge >= 0.3 is 0 Å². The molecule has 0 aliphatic heterocycles. The lowest BCUT2D eigenvalue weighted by atomic mass is 9.79. The van der Waals surface area contributed by atoms with Crippen molar-refractivity contribution in [2.75, 3.05) is 39.6 Å². The third-order valence-corrected chi connectivity index (χ3v) is 14.8. The summed E-state index contributed by atoms with van der Waals surface area (Å²) in [5, 5.41) is 0. The predicted molar refractivity (Wildman–Crippen MR) is 358 cm³/mol. The number of terminal acetylenes is 1. The minimum Gasteiger partial charge on any atom is -0.490 e. The van der Waals surface area contributed by atoms with Gasteiger partial charge in [-0.1, -0.05) is 215 Å². The molecule has 8 aromatic carbocycles. The van der Waals surface area contributed by atoms with Crippen LogP contribution < -0.4 is 28.4 Å². The van der Waals surface area contributed by atoms with Crippen LogP contribution in [0.25, 0.3) is 44.5 Å². The van der Waals surface area contributed by atoms with Gasteiger partial charge in [0.25, 0.3) is 0 Å². The van der Waals surface area contributed by atoms with E-state index < -0.39 is 0 Å². The smallest absolute Gasteiger partial charge is 0.123 e. The van der Waals surface area contributed by atoms with E-state index in [0.29, 0.717) is 46.1 Å². The first-order valence-electron chi connectivity index (χ1n) is 28.9. The topological polar surface area (TPSA) is 55.4 Å². The van der Waals surface area contributed by atoms with Gasteiger partial charge in [0.05, 0.1) is 0 Å². The minimum atomic E-state index is -0.149. The summed E-state index contributed by atoms with van der Waals surface area (Å²) in [4.78, 5) is 0. The Morgan fingerprint density at radius 3 is 1.28 bits per heavy atom. The molecule has 0 saturated heterocycles. The Morgan fingerprint density at radius 1 is 0.430 bits per heavy atom. The highest BCUT2D eigenvalue weighted by atomic mass is 16.5. The zero-order valence-corrected chi connectivity index (χ0v) is 48.7. The molecule has 3 atom stereocenters. The SMILES string of the molecule is C#C/C=C\C(=C/CC(c1ccc(-c2ccc(C(c3cc(-c4ccc(OCC=C)cc4)ccc3OCC=C)C3C=CC(c4ccc(OCC=C)cc4)=C3)cc2)cc1)c1cc(-c2ccc(OCC=C)cc2)ccc1OCC=C)c1ccc(OCC=C)cc1. The van der Waals surface area contributed by atoms with Gasteiger partial charge in [-0.15, -0.1) is 6.42 Å². The van der Waals surface area contributed by atoms with Crippen LogP contribution in [-0.4, -0.2) is 39.6 Å². The van der Waals surface area contributed by atoms with Crippen LogP contribution in [0.3, 0.4) is 0 Å². The first kappa shape index (κ1) is 60.1. The van der Waals surface area contributed by atoms with Gasteiger partial charge in [0.15, 0.2) is 0 Å². The summed E-state index contributed by atoms with van der Waals surface area (Å²) >= 11 is 0. The first-order valence-corrected chi connectivity index (χ1v) is 28.9. The summed E-state index contributed by atoms with van der Waals surface area (Å²) in [6.07, 6.45) is 29.9. The van der Waals surface area contributed by atoms with Crippen molar-refractivity contribution in [2.24, 2.45) is 5.92 Å². The average Bonchev–Trinajstić information content (AvgIpc) is 2.86. The fraction of sp³-hybridized carbons (Fsp3) is 0.125. The summed E-state index contributed by atoms with van der Waals surface area (Å²) in [5.74, 6) is 7.11. The maximum atomic E-state index is 6.52. The van der Waals surface area contributed by atoms with E-state index in [1.165, 1.54) is 0 Å². The summed E-state index contributed by atoms with van der Waals surface area (Å²) in [5.41, 5.74) is 15.0. The molecule has 1 aliphatic carbocycles. The van der Waals surface area contributed by atoms with E-state index in [9.17, 15) is 0 Å². The lowest BCUT2D eigenvalue weighted by Crippen LogP contribution is -2.12. The van der Waals surface area contributed by atoms with Crippen molar-refractivity contribution in [1.29, 1.82) is 0 Å². The number of allylic oxidation sites excluding steroid dienone is 8. The minimum absolute atomic E-state index is 0.0123. The van der Waals surface area contributed by atoms with Gasteiger partial charge in [0.1, 0.15) is 74.1 Å². The van der Waals surface area contributed by atoms with Crippen LogP contribution in [0, 0.1) is 18.3 Å². The van der Waals surface area contributed by atoms with Crippen LogP contribution >= 0.6 is 0 Å². The van der Waals surface area contributed by atoms with Gasteiger partial charge in [-0.25, -0.2) is 0 Å². The van der Waals surface area contributed by atoms with E-state index in [0.717, 1.165) is 112 Å². The fourth-order valence-electron chi connectivity index (χ4n) is 10.6. The Balaban J connectivity index is 1.10. The molecule has 1 aliphatic rings. The van der Waals surface area contributed by atoms with Crippen LogP contribution in [-0.2, 0) is 0 Å². The predicted octanol–water partition coefficient (Wildman–Crippen LogP) is 19.3. The molecular weight excluding hydrogens is 1060 g/mol. The number of benzene rings is 8. The molecule has 6 nitrogen and oxygen atoms in total. The number of hydrogen-bond donors (Lipinski definition) is 0. The number of rotatable bonds is 31. The molecule has 0 N–H and O–H groups in total. The molecule has 86 heavy (non-hydrogen) atoms. The molecule has 0 heterocycles. The van der Waals surface area contributed by atoms with E-state index in [-0.39, 0.29) is 17.8 Å². The highest BCUT2D eigenvalue weighted by molar-refractivity contribution is 5.79. The normalized spacial score (nSPS) is 13.3. The monoisotopic (exact) mass is 1130 g/mol. The van der Waals surface area contributed by atoms with Crippen molar-refractivity contribution in [3.8, 4) is 80.2 Å². The van der Waals surface area contributed by atoms with Gasteiger partial charge in [0.2, 0.25) is 0 Å². The molecule has 3 unspecified atom stereocenters. The molecule has 6 heteroatoms. The van der Waals surface area contributed by atoms with E-state index in [1.54, 1.807) is 42.5 Å². The molecule has 9 rings (SSSR count). The second-order valence-corrected chi connectivity index (χ2v) is 20.4. The quantitative estimate of drug-likeness (QED) is 0.0245. The van der Waals surface area contributed by atoms with Gasteiger partial charge in [-0.05, 0) is 158 Å². The molecule has 0 bridgehead atoms. The summed E-state index contributed by atoms with van der Waals surface area (Å²) in [7, 11) is 0. The highest BCUT2D eigenvalue weighted by Gasteiger charge is 2.29. The second kappa shape index (κ2) is 30.7. The van der Waals surface area contributed by atoms with Gasteiger partial charge in [0, 0.05) is 28.9 Å². The molecule has 0 spiro atoms. The number of ether oxygens (including phenoxy) is 6. The summed E-state index contributed by atoms with van der Waals surface area (Å²) < 4.78 is 36.3. The van der Waals surface area contributed by atoms with Crippen LogP contribution in [0.1, 0.15) is 51.6 Å². The second-order valence-electron chi connectivity index (χ2n) is 20.4. The maximum Gasteiger partial charge on any atom is 0.123 e. The standard InChI is InChI=1S/C80H72O6/c1-8-15-16-58(61-27-38-71(39-28-61)81-49-9-2)35-46-75(76-56-68(36-47-78(76)85-53-13-6)63-31-42-73(43-32-63)83-51-11-4)65-21-17-59(18-22-65)60-19-23-66(24-20-60)80(70-26-25-67(55-70)62-29-40-72(41-30-62)82-50-10-3)77-57-69(37-48-79(77)86-54-14-7)64-33-44-74(45-34-64)84-52-12-5/h1,9-45,47-48,55-57,70,75,80H,2-7,46,49-54H2/b16-15-,58-35+. The van der Waals surface area contributed by atoms with Gasteiger partial charge in [-0.2, -0.15) is 0 Å². The maximum absolute atomic E-state index is 6.52. The van der Waals surface area contributed by atoms with Gasteiger partial charge in [-0.3, -0.25) is 0 Å². The zero-order valence-electron chi connectivity index (χ0n) is 48.7. The Labute approximate surface area is 508 Å². The van der Waals surface area contributed by atoms with Crippen molar-refractivity contribution in [3.05, 3.63) is 328 Å². The molecule has 0 saturated carbocycles. The molecule has 0 amide bonds. The third kappa shape index (κ3) is 15.6. The summed E-state index contributed by atoms with van der Waals surface area (Å²) in [6.45, 7) is 25.6. The van der Waals surface area contributed by atoms with Crippen LogP contribution in [0.2, 0.25) is 0 Å². The Bertz CT molecular complexity index is 3770. The van der Waals surface area contributed by atoms with E-state index in [2.05, 4.69) is 203 Å². The molecular formula is C80H72O6. The van der Waals surface area contributed by atoms with Crippen molar-refractivity contribution < 1.29 is 28.4 Å². The Morgan fingerprint density at radius 2 is 0.814 bits per heavy atom. The largest absolute Gasteiger partial charge is 0.490 e. The molecule has 0 radical (unpaired) electrons. The first-order chi connectivity index (χ1) is 42.3. The Kier molecular flexibility index (Phi) is 21.5. The highest BCUT2D eigenvalue weighted by Crippen LogP contribution is 2.46. The van der Waals surface area contributed by atoms with Crippen LogP contribution in [0.4, 0.5) is 0 Å². The molecule has 8 aromatic rings. The molecule has 0 aromatic heterocycles. The van der Waals surface area contributed by atoms with E-state index >= 15 is 0 Å². The fourth-order valence-corrected chi connectivity index (χ4v) is 10.6. The van der Waals surface area contributed by atoms with Crippen molar-refractivity contribution in [1.82, 2.24) is 0 Å². The van der Waals surface area contributed by atoms with Crippen LogP contribution in [0.15, 0.2) is 294 Å². The molecule has 428 valence electrons. The average molecular weight is 1130 g/mol.